The van der Waals surface area contributed by atoms with Crippen LogP contribution in [0.3, 0.4) is 0 Å². The first-order valence-electron chi connectivity index (χ1n) is 11.6. The summed E-state index contributed by atoms with van der Waals surface area (Å²) >= 11 is 0. The number of hydrogen-bond acceptors (Lipinski definition) is 3. The maximum atomic E-state index is 6.64. The molecule has 2 atom stereocenters. The Bertz CT molecular complexity index is 909. The van der Waals surface area contributed by atoms with Gasteiger partial charge in [0.05, 0.1) is 0 Å². The van der Waals surface area contributed by atoms with Crippen LogP contribution in [0.25, 0.3) is 0 Å². The van der Waals surface area contributed by atoms with Crippen LogP contribution in [-0.2, 0) is 25.9 Å². The van der Waals surface area contributed by atoms with E-state index in [1.54, 1.807) is 0 Å². The number of nitrogens with zero attached hydrogens (tertiary/aromatic N) is 2. The molecular weight excluding hydrogens is 356 g/mol. The highest BCUT2D eigenvalue weighted by Crippen LogP contribution is 2.44. The Balaban J connectivity index is 1.15. The summed E-state index contributed by atoms with van der Waals surface area (Å²) in [4.78, 5) is 5.32. The fourth-order valence-corrected chi connectivity index (χ4v) is 6.25. The summed E-state index contributed by atoms with van der Waals surface area (Å²) in [7, 11) is 0. The Morgan fingerprint density at radius 2 is 1.90 bits per heavy atom. The second-order valence-electron chi connectivity index (χ2n) is 9.77. The van der Waals surface area contributed by atoms with Crippen molar-refractivity contribution in [2.75, 3.05) is 19.6 Å². The van der Waals surface area contributed by atoms with Gasteiger partial charge in [-0.1, -0.05) is 42.8 Å². The van der Waals surface area contributed by atoms with Gasteiger partial charge in [-0.25, -0.2) is 0 Å². The molecule has 0 aliphatic carbocycles. The van der Waals surface area contributed by atoms with Gasteiger partial charge >= 0.3 is 0 Å². The molecule has 6 rings (SSSR count). The molecule has 0 N–H and O–H groups in total. The first-order valence-corrected chi connectivity index (χ1v) is 11.6. The molecule has 3 nitrogen and oxygen atoms in total. The first kappa shape index (κ1) is 18.0. The Labute approximate surface area is 174 Å². The fourth-order valence-electron chi connectivity index (χ4n) is 6.25. The van der Waals surface area contributed by atoms with E-state index in [2.05, 4.69) is 52.3 Å². The first-order chi connectivity index (χ1) is 14.3. The number of hydrogen-bond donors (Lipinski definition) is 0. The highest BCUT2D eigenvalue weighted by atomic mass is 16.5. The monoisotopic (exact) mass is 388 g/mol. The molecule has 0 amide bonds. The molecule has 0 saturated carbocycles. The van der Waals surface area contributed by atoms with Crippen LogP contribution in [0.5, 0.6) is 5.75 Å². The summed E-state index contributed by atoms with van der Waals surface area (Å²) in [6.45, 7) is 5.80. The molecule has 0 unspecified atom stereocenters. The van der Waals surface area contributed by atoms with Crippen LogP contribution < -0.4 is 4.74 Å². The zero-order chi connectivity index (χ0) is 19.3. The Morgan fingerprint density at radius 3 is 2.86 bits per heavy atom. The van der Waals surface area contributed by atoms with Gasteiger partial charge in [0.15, 0.2) is 0 Å². The van der Waals surface area contributed by atoms with Gasteiger partial charge in [-0.05, 0) is 54.1 Å². The van der Waals surface area contributed by atoms with Crippen LogP contribution in [0.4, 0.5) is 0 Å². The highest BCUT2D eigenvalue weighted by Gasteiger charge is 2.46. The molecule has 2 fully saturated rings. The van der Waals surface area contributed by atoms with E-state index in [-0.39, 0.29) is 5.60 Å². The lowest BCUT2D eigenvalue weighted by atomic mass is 9.80. The number of ether oxygens (including phenoxy) is 1. The van der Waals surface area contributed by atoms with E-state index >= 15 is 0 Å². The summed E-state index contributed by atoms with van der Waals surface area (Å²) in [5.74, 6) is 1.15. The van der Waals surface area contributed by atoms with Gasteiger partial charge in [0.1, 0.15) is 11.4 Å². The van der Waals surface area contributed by atoms with Crippen LogP contribution in [0.15, 0.2) is 42.5 Å². The van der Waals surface area contributed by atoms with E-state index in [4.69, 9.17) is 4.74 Å². The largest absolute Gasteiger partial charge is 0.487 e. The van der Waals surface area contributed by atoms with E-state index in [1.807, 2.05) is 0 Å². The normalized spacial score (nSPS) is 29.2. The van der Waals surface area contributed by atoms with E-state index in [1.165, 1.54) is 73.9 Å². The van der Waals surface area contributed by atoms with Crippen molar-refractivity contribution in [2.45, 2.75) is 69.7 Å². The second kappa shape index (κ2) is 7.14. The number of benzene rings is 2. The van der Waals surface area contributed by atoms with E-state index in [9.17, 15) is 0 Å². The predicted molar refractivity (Wildman–Crippen MR) is 116 cm³/mol. The van der Waals surface area contributed by atoms with Crippen LogP contribution in [0.2, 0.25) is 0 Å². The lowest BCUT2D eigenvalue weighted by molar-refractivity contribution is -0.0249. The van der Waals surface area contributed by atoms with Gasteiger partial charge < -0.3 is 9.64 Å². The number of rotatable bonds is 2. The third-order valence-corrected chi connectivity index (χ3v) is 7.79. The fraction of sp³-hybridized carbons (Fsp3) is 0.538. The standard InChI is InChI=1S/C26H32N2O/c1-2-6-22-19-27(13-10-21(22)5-1)18-20-8-9-25-23(15-20)16-26(29-25)11-14-28-12-4-3-7-24(28)17-26/h1-2,5-6,8-9,15,24H,3-4,7,10-14,16-19H2/t24-,26-/m0/s1. The van der Waals surface area contributed by atoms with Gasteiger partial charge in [-0.3, -0.25) is 4.90 Å². The summed E-state index contributed by atoms with van der Waals surface area (Å²) in [6, 6.07) is 16.7. The van der Waals surface area contributed by atoms with Crippen molar-refractivity contribution < 1.29 is 4.74 Å². The summed E-state index contributed by atoms with van der Waals surface area (Å²) < 4.78 is 6.64. The van der Waals surface area contributed by atoms with Gasteiger partial charge in [0.2, 0.25) is 0 Å². The lowest BCUT2D eigenvalue weighted by Gasteiger charge is -2.46. The van der Waals surface area contributed by atoms with Crippen molar-refractivity contribution in [1.82, 2.24) is 9.80 Å². The quantitative estimate of drug-likeness (QED) is 0.750. The van der Waals surface area contributed by atoms with Crippen molar-refractivity contribution >= 4 is 0 Å². The number of fused-ring (bicyclic) bond motifs is 3. The third-order valence-electron chi connectivity index (χ3n) is 7.79. The molecule has 152 valence electrons. The summed E-state index contributed by atoms with van der Waals surface area (Å²) in [5.41, 5.74) is 6.00. The van der Waals surface area contributed by atoms with Crippen LogP contribution in [0.1, 0.15) is 54.4 Å². The zero-order valence-corrected chi connectivity index (χ0v) is 17.4. The second-order valence-corrected chi connectivity index (χ2v) is 9.77. The summed E-state index contributed by atoms with van der Waals surface area (Å²) in [5, 5.41) is 0. The molecule has 4 aliphatic rings. The molecular formula is C26H32N2O. The lowest BCUT2D eigenvalue weighted by Crippen LogP contribution is -2.54. The SMILES string of the molecule is c1ccc2c(c1)CCN(Cc1ccc3c(c1)C[C@]1(CCN4CCCC[C@H]4C1)O3)C2. The molecule has 2 saturated heterocycles. The van der Waals surface area contributed by atoms with Crippen molar-refractivity contribution in [1.29, 1.82) is 0 Å². The van der Waals surface area contributed by atoms with E-state index in [0.29, 0.717) is 0 Å². The van der Waals surface area contributed by atoms with Gasteiger partial charge in [-0.2, -0.15) is 0 Å². The molecule has 0 aromatic heterocycles. The predicted octanol–water partition coefficient (Wildman–Crippen LogP) is 4.57. The minimum Gasteiger partial charge on any atom is -0.487 e. The van der Waals surface area contributed by atoms with Crippen LogP contribution in [-0.4, -0.2) is 41.1 Å². The molecule has 3 heteroatoms. The van der Waals surface area contributed by atoms with Crippen molar-refractivity contribution in [3.8, 4) is 5.75 Å². The minimum absolute atomic E-state index is 0.0729. The molecule has 1 spiro atoms. The average molecular weight is 389 g/mol. The van der Waals surface area contributed by atoms with Crippen molar-refractivity contribution in [3.63, 3.8) is 0 Å². The molecule has 29 heavy (non-hydrogen) atoms. The Hall–Kier alpha value is -1.84. The molecule has 2 aromatic carbocycles. The van der Waals surface area contributed by atoms with Gasteiger partial charge in [-0.15, -0.1) is 0 Å². The smallest absolute Gasteiger partial charge is 0.123 e. The average Bonchev–Trinajstić information content (AvgIpc) is 3.10. The minimum atomic E-state index is 0.0729. The Morgan fingerprint density at radius 1 is 0.966 bits per heavy atom. The van der Waals surface area contributed by atoms with Crippen LogP contribution >= 0.6 is 0 Å². The molecule has 2 aromatic rings. The van der Waals surface area contributed by atoms with Crippen molar-refractivity contribution in [3.05, 3.63) is 64.7 Å². The van der Waals surface area contributed by atoms with E-state index in [0.717, 1.165) is 37.8 Å². The highest BCUT2D eigenvalue weighted by molar-refractivity contribution is 5.43. The third kappa shape index (κ3) is 3.39. The summed E-state index contributed by atoms with van der Waals surface area (Å²) in [6.07, 6.45) is 8.84. The van der Waals surface area contributed by atoms with Crippen LogP contribution in [0, 0.1) is 0 Å². The maximum Gasteiger partial charge on any atom is 0.123 e. The van der Waals surface area contributed by atoms with Gasteiger partial charge in [0, 0.05) is 51.5 Å². The van der Waals surface area contributed by atoms with E-state index < -0.39 is 0 Å². The number of piperidine rings is 2. The maximum absolute atomic E-state index is 6.64. The van der Waals surface area contributed by atoms with Gasteiger partial charge in [0.25, 0.3) is 0 Å². The zero-order valence-electron chi connectivity index (χ0n) is 17.4. The molecule has 4 heterocycles. The Kier molecular flexibility index (Phi) is 4.42. The van der Waals surface area contributed by atoms with Crippen molar-refractivity contribution in [2.24, 2.45) is 0 Å². The molecule has 4 aliphatic heterocycles. The molecule has 0 radical (unpaired) electrons. The topological polar surface area (TPSA) is 15.7 Å². The molecule has 0 bridgehead atoms.